The van der Waals surface area contributed by atoms with Crippen LogP contribution in [-0.2, 0) is 9.59 Å². The molecular formula is C19H31N3O2. The van der Waals surface area contributed by atoms with E-state index in [0.717, 1.165) is 16.8 Å². The molecule has 0 aliphatic carbocycles. The third-order valence-electron chi connectivity index (χ3n) is 4.16. The van der Waals surface area contributed by atoms with Crippen molar-refractivity contribution in [2.24, 2.45) is 5.92 Å². The summed E-state index contributed by atoms with van der Waals surface area (Å²) in [5.74, 6) is 0.210. The Hall–Kier alpha value is -1.88. The number of nitrogens with zero attached hydrogens (tertiary/aromatic N) is 1. The van der Waals surface area contributed by atoms with E-state index in [4.69, 9.17) is 0 Å². The summed E-state index contributed by atoms with van der Waals surface area (Å²) in [7, 11) is 1.77. The van der Waals surface area contributed by atoms with Crippen LogP contribution in [0.25, 0.3) is 0 Å². The van der Waals surface area contributed by atoms with Gasteiger partial charge in [0, 0.05) is 11.7 Å². The van der Waals surface area contributed by atoms with E-state index in [1.807, 2.05) is 39.8 Å². The van der Waals surface area contributed by atoms with E-state index in [1.54, 1.807) is 11.9 Å². The van der Waals surface area contributed by atoms with E-state index < -0.39 is 0 Å². The highest BCUT2D eigenvalue weighted by molar-refractivity contribution is 5.94. The standard InChI is InChI=1S/C19H31N3O2/c1-12(2)16(6)20-17(23)10-22(7)11-18(24)21-19-14(4)8-13(3)9-15(19)5/h8-9,12,16H,10-11H2,1-7H3,(H,20,23)(H,21,24)/t16-/m1/s1. The fourth-order valence-electron chi connectivity index (χ4n) is 2.57. The Balaban J connectivity index is 2.55. The van der Waals surface area contributed by atoms with Gasteiger partial charge in [0.25, 0.3) is 0 Å². The molecule has 134 valence electrons. The van der Waals surface area contributed by atoms with Crippen LogP contribution in [0.2, 0.25) is 0 Å². The Morgan fingerprint density at radius 1 is 1.00 bits per heavy atom. The molecule has 0 radical (unpaired) electrons. The first-order valence-electron chi connectivity index (χ1n) is 8.45. The lowest BCUT2D eigenvalue weighted by Crippen LogP contribution is -2.43. The summed E-state index contributed by atoms with van der Waals surface area (Å²) in [6.45, 7) is 12.5. The van der Waals surface area contributed by atoms with Gasteiger partial charge >= 0.3 is 0 Å². The maximum absolute atomic E-state index is 12.2. The zero-order valence-electron chi connectivity index (χ0n) is 16.0. The highest BCUT2D eigenvalue weighted by Crippen LogP contribution is 2.21. The van der Waals surface area contributed by atoms with Crippen LogP contribution in [0.5, 0.6) is 0 Å². The van der Waals surface area contributed by atoms with Gasteiger partial charge in [-0.2, -0.15) is 0 Å². The smallest absolute Gasteiger partial charge is 0.238 e. The lowest BCUT2D eigenvalue weighted by molar-refractivity contribution is -0.123. The van der Waals surface area contributed by atoms with Crippen molar-refractivity contribution in [3.8, 4) is 0 Å². The maximum Gasteiger partial charge on any atom is 0.238 e. The average molecular weight is 333 g/mol. The molecule has 0 aliphatic heterocycles. The lowest BCUT2D eigenvalue weighted by Gasteiger charge is -2.21. The number of nitrogens with one attached hydrogen (secondary N) is 2. The molecule has 1 atom stereocenters. The van der Waals surface area contributed by atoms with Gasteiger partial charge in [-0.05, 0) is 51.8 Å². The molecule has 5 nitrogen and oxygen atoms in total. The van der Waals surface area contributed by atoms with Crippen LogP contribution in [-0.4, -0.2) is 42.9 Å². The molecule has 1 aromatic carbocycles. The molecule has 0 unspecified atom stereocenters. The van der Waals surface area contributed by atoms with Gasteiger partial charge in [0.2, 0.25) is 11.8 Å². The molecule has 1 aromatic rings. The molecule has 0 saturated carbocycles. The van der Waals surface area contributed by atoms with Gasteiger partial charge in [-0.15, -0.1) is 0 Å². The summed E-state index contributed by atoms with van der Waals surface area (Å²) < 4.78 is 0. The van der Waals surface area contributed by atoms with Gasteiger partial charge < -0.3 is 10.6 Å². The first-order chi connectivity index (χ1) is 11.1. The van der Waals surface area contributed by atoms with Crippen LogP contribution in [0, 0.1) is 26.7 Å². The van der Waals surface area contributed by atoms with Crippen LogP contribution in [0.4, 0.5) is 5.69 Å². The fraction of sp³-hybridized carbons (Fsp3) is 0.579. The van der Waals surface area contributed by atoms with Gasteiger partial charge in [0.1, 0.15) is 0 Å². The number of carbonyl (C=O) groups is 2. The number of benzene rings is 1. The van der Waals surface area contributed by atoms with Crippen LogP contribution < -0.4 is 10.6 Å². The second-order valence-corrected chi connectivity index (χ2v) is 7.09. The Morgan fingerprint density at radius 2 is 1.50 bits per heavy atom. The van der Waals surface area contributed by atoms with Crippen molar-refractivity contribution >= 4 is 17.5 Å². The van der Waals surface area contributed by atoms with Crippen molar-refractivity contribution in [2.75, 3.05) is 25.5 Å². The second-order valence-electron chi connectivity index (χ2n) is 7.09. The summed E-state index contributed by atoms with van der Waals surface area (Å²) >= 11 is 0. The maximum atomic E-state index is 12.2. The van der Waals surface area contributed by atoms with E-state index in [9.17, 15) is 9.59 Å². The van der Waals surface area contributed by atoms with E-state index in [0.29, 0.717) is 5.92 Å². The Kier molecular flexibility index (Phi) is 7.42. The highest BCUT2D eigenvalue weighted by Gasteiger charge is 2.15. The van der Waals surface area contributed by atoms with Crippen molar-refractivity contribution in [1.29, 1.82) is 0 Å². The van der Waals surface area contributed by atoms with Crippen molar-refractivity contribution in [2.45, 2.75) is 47.6 Å². The molecule has 0 aliphatic rings. The fourth-order valence-corrected chi connectivity index (χ4v) is 2.57. The summed E-state index contributed by atoms with van der Waals surface area (Å²) in [5, 5.41) is 5.90. The summed E-state index contributed by atoms with van der Waals surface area (Å²) in [4.78, 5) is 25.9. The Labute approximate surface area is 145 Å². The molecule has 1 rings (SSSR count). The Bertz CT molecular complexity index is 573. The van der Waals surface area contributed by atoms with Crippen molar-refractivity contribution in [1.82, 2.24) is 10.2 Å². The number of hydrogen-bond donors (Lipinski definition) is 2. The first kappa shape index (κ1) is 20.2. The van der Waals surface area contributed by atoms with E-state index in [-0.39, 0.29) is 30.9 Å². The zero-order chi connectivity index (χ0) is 18.4. The summed E-state index contributed by atoms with van der Waals surface area (Å²) in [6, 6.07) is 4.22. The number of rotatable bonds is 7. The number of hydrogen-bond acceptors (Lipinski definition) is 3. The van der Waals surface area contributed by atoms with Gasteiger partial charge in [-0.25, -0.2) is 0 Å². The molecule has 0 saturated heterocycles. The van der Waals surface area contributed by atoms with Gasteiger partial charge in [0.05, 0.1) is 13.1 Å². The minimum Gasteiger partial charge on any atom is -0.352 e. The second kappa shape index (κ2) is 8.83. The largest absolute Gasteiger partial charge is 0.352 e. The first-order valence-corrected chi connectivity index (χ1v) is 8.45. The number of aryl methyl sites for hydroxylation is 3. The van der Waals surface area contributed by atoms with Crippen LogP contribution in [0.15, 0.2) is 12.1 Å². The third kappa shape index (κ3) is 6.32. The normalized spacial score (nSPS) is 12.4. The molecule has 2 amide bonds. The topological polar surface area (TPSA) is 61.4 Å². The lowest BCUT2D eigenvalue weighted by atomic mass is 10.1. The molecule has 2 N–H and O–H groups in total. The van der Waals surface area contributed by atoms with Crippen LogP contribution in [0.1, 0.15) is 37.5 Å². The average Bonchev–Trinajstić information content (AvgIpc) is 2.42. The molecule has 5 heteroatoms. The molecule has 0 aromatic heterocycles. The van der Waals surface area contributed by atoms with Crippen molar-refractivity contribution < 1.29 is 9.59 Å². The summed E-state index contributed by atoms with van der Waals surface area (Å²) in [6.07, 6.45) is 0. The van der Waals surface area contributed by atoms with Crippen LogP contribution in [0.3, 0.4) is 0 Å². The quantitative estimate of drug-likeness (QED) is 0.806. The zero-order valence-corrected chi connectivity index (χ0v) is 16.0. The monoisotopic (exact) mass is 333 g/mol. The molecular weight excluding hydrogens is 302 g/mol. The predicted octanol–water partition coefficient (Wildman–Crippen LogP) is 2.64. The molecule has 0 spiro atoms. The SMILES string of the molecule is Cc1cc(C)c(NC(=O)CN(C)CC(=O)N[C@H](C)C(C)C)c(C)c1. The minimum atomic E-state index is -0.114. The van der Waals surface area contributed by atoms with Gasteiger partial charge in [-0.1, -0.05) is 31.5 Å². The van der Waals surface area contributed by atoms with Crippen LogP contribution >= 0.6 is 0 Å². The highest BCUT2D eigenvalue weighted by atomic mass is 16.2. The van der Waals surface area contributed by atoms with Gasteiger partial charge in [0.15, 0.2) is 0 Å². The van der Waals surface area contributed by atoms with Crippen molar-refractivity contribution in [3.63, 3.8) is 0 Å². The molecule has 0 bridgehead atoms. The predicted molar refractivity (Wildman–Crippen MR) is 99.2 cm³/mol. The van der Waals surface area contributed by atoms with Crippen molar-refractivity contribution in [3.05, 3.63) is 28.8 Å². The van der Waals surface area contributed by atoms with E-state index in [2.05, 4.69) is 24.5 Å². The molecule has 0 heterocycles. The summed E-state index contributed by atoms with van der Waals surface area (Å²) in [5.41, 5.74) is 4.13. The number of likely N-dealkylation sites (N-methyl/N-ethyl adjacent to an activating group) is 1. The number of anilines is 1. The number of carbonyl (C=O) groups excluding carboxylic acids is 2. The van der Waals surface area contributed by atoms with Gasteiger partial charge in [-0.3, -0.25) is 14.5 Å². The number of amides is 2. The molecule has 0 fully saturated rings. The van der Waals surface area contributed by atoms with E-state index in [1.165, 1.54) is 5.56 Å². The van der Waals surface area contributed by atoms with E-state index >= 15 is 0 Å². The minimum absolute atomic E-state index is 0.0609. The Morgan fingerprint density at radius 3 is 2.00 bits per heavy atom. The third-order valence-corrected chi connectivity index (χ3v) is 4.16. The molecule has 24 heavy (non-hydrogen) atoms.